The van der Waals surface area contributed by atoms with Crippen LogP contribution in [0.15, 0.2) is 30.3 Å². The van der Waals surface area contributed by atoms with Gasteiger partial charge in [0.15, 0.2) is 0 Å². The molecule has 8 nitrogen and oxygen atoms in total. The number of hydrogen-bond acceptors (Lipinski definition) is 5. The van der Waals surface area contributed by atoms with Crippen molar-refractivity contribution < 1.29 is 24.3 Å². The first-order valence-corrected chi connectivity index (χ1v) is 9.30. The van der Waals surface area contributed by atoms with E-state index in [1.807, 2.05) is 6.26 Å². The molecule has 0 unspecified atom stereocenters. The van der Waals surface area contributed by atoms with Crippen molar-refractivity contribution in [2.24, 2.45) is 5.73 Å². The number of nitrogens with two attached hydrogens (primary N) is 1. The summed E-state index contributed by atoms with van der Waals surface area (Å²) in [6, 6.07) is 7.74. The zero-order valence-corrected chi connectivity index (χ0v) is 15.3. The Morgan fingerprint density at radius 2 is 1.96 bits per heavy atom. The lowest BCUT2D eigenvalue weighted by Gasteiger charge is -2.32. The number of nitrogens with one attached hydrogen (secondary N) is 2. The van der Waals surface area contributed by atoms with Gasteiger partial charge in [-0.15, -0.1) is 0 Å². The Kier molecular flexibility index (Phi) is 8.63. The highest BCUT2D eigenvalue weighted by Crippen LogP contribution is 2.19. The van der Waals surface area contributed by atoms with Crippen LogP contribution in [0, 0.1) is 0 Å². The molecule has 0 heterocycles. The highest BCUT2D eigenvalue weighted by molar-refractivity contribution is 7.98. The molecule has 5 N–H and O–H groups in total. The number of carbonyl (C=O) groups excluding carboxylic acids is 3. The van der Waals surface area contributed by atoms with Gasteiger partial charge in [0.2, 0.25) is 18.2 Å². The second-order valence-electron chi connectivity index (χ2n) is 5.79. The van der Waals surface area contributed by atoms with Crippen molar-refractivity contribution >= 4 is 36.0 Å². The molecule has 0 bridgehead atoms. The summed E-state index contributed by atoms with van der Waals surface area (Å²) in [5, 5.41) is 14.1. The van der Waals surface area contributed by atoms with E-state index in [1.54, 1.807) is 30.3 Å². The van der Waals surface area contributed by atoms with E-state index in [-0.39, 0.29) is 12.8 Å². The largest absolute Gasteiger partial charge is 0.481 e. The molecular weight excluding hydrogens is 358 g/mol. The topological polar surface area (TPSA) is 139 Å². The maximum absolute atomic E-state index is 12.9. The van der Waals surface area contributed by atoms with Crippen molar-refractivity contribution in [2.45, 2.75) is 30.8 Å². The van der Waals surface area contributed by atoms with Crippen molar-refractivity contribution in [2.75, 3.05) is 12.0 Å². The van der Waals surface area contributed by atoms with Crippen molar-refractivity contribution in [1.82, 2.24) is 10.6 Å². The van der Waals surface area contributed by atoms with E-state index in [4.69, 9.17) is 5.73 Å². The third kappa shape index (κ3) is 6.40. The molecule has 2 atom stereocenters. The molecule has 1 aromatic carbocycles. The van der Waals surface area contributed by atoms with Gasteiger partial charge in [0, 0.05) is 6.42 Å². The van der Waals surface area contributed by atoms with Crippen LogP contribution in [-0.2, 0) is 25.6 Å². The Bertz CT molecular complexity index is 641. The Labute approximate surface area is 155 Å². The molecule has 0 fully saturated rings. The Balaban J connectivity index is 3.14. The summed E-state index contributed by atoms with van der Waals surface area (Å²) in [5.74, 6) is -2.16. The number of aliphatic carboxylic acids is 1. The standard InChI is InChI=1S/C17H23N3O5S/c1-26-8-7-13(15(18)24)20-16(25)17(19-11-21,10-14(22)23)9-12-5-3-2-4-6-12/h2-6,11,13H,7-10H2,1H3,(H2,18,24)(H,19,21)(H,20,25)(H,22,23)/t13-,17-/m0/s1. The smallest absolute Gasteiger partial charge is 0.306 e. The van der Waals surface area contributed by atoms with Gasteiger partial charge in [-0.1, -0.05) is 30.3 Å². The van der Waals surface area contributed by atoms with Crippen LogP contribution in [0.25, 0.3) is 0 Å². The predicted molar refractivity (Wildman–Crippen MR) is 98.5 cm³/mol. The maximum Gasteiger partial charge on any atom is 0.306 e. The first kappa shape index (κ1) is 21.5. The van der Waals surface area contributed by atoms with E-state index in [1.165, 1.54) is 11.8 Å². The van der Waals surface area contributed by atoms with E-state index in [0.29, 0.717) is 17.7 Å². The van der Waals surface area contributed by atoms with E-state index in [2.05, 4.69) is 10.6 Å². The number of primary amides is 1. The molecule has 0 saturated carbocycles. The number of amides is 3. The second kappa shape index (κ2) is 10.4. The van der Waals surface area contributed by atoms with Crippen molar-refractivity contribution in [3.8, 4) is 0 Å². The lowest BCUT2D eigenvalue weighted by molar-refractivity contribution is -0.144. The van der Waals surface area contributed by atoms with Gasteiger partial charge in [0.1, 0.15) is 11.6 Å². The summed E-state index contributed by atoms with van der Waals surface area (Å²) in [6.07, 6.45) is 1.75. The third-order valence-electron chi connectivity index (χ3n) is 3.83. The molecule has 0 aliphatic carbocycles. The predicted octanol–water partition coefficient (Wildman–Crippen LogP) is -0.0882. The van der Waals surface area contributed by atoms with Gasteiger partial charge in [-0.2, -0.15) is 11.8 Å². The van der Waals surface area contributed by atoms with E-state index in [0.717, 1.165) is 0 Å². The Hall–Kier alpha value is -2.55. The maximum atomic E-state index is 12.9. The molecule has 0 saturated heterocycles. The van der Waals surface area contributed by atoms with Crippen LogP contribution in [0.2, 0.25) is 0 Å². The minimum Gasteiger partial charge on any atom is -0.481 e. The van der Waals surface area contributed by atoms with Gasteiger partial charge in [-0.05, 0) is 24.0 Å². The highest BCUT2D eigenvalue weighted by Gasteiger charge is 2.41. The molecule has 0 aliphatic rings. The fraction of sp³-hybridized carbons (Fsp3) is 0.412. The molecule has 0 spiro atoms. The first-order chi connectivity index (χ1) is 12.3. The van der Waals surface area contributed by atoms with E-state index < -0.39 is 35.8 Å². The van der Waals surface area contributed by atoms with Gasteiger partial charge >= 0.3 is 5.97 Å². The van der Waals surface area contributed by atoms with E-state index >= 15 is 0 Å². The molecule has 26 heavy (non-hydrogen) atoms. The third-order valence-corrected chi connectivity index (χ3v) is 4.47. The van der Waals surface area contributed by atoms with Crippen LogP contribution in [0.3, 0.4) is 0 Å². The summed E-state index contributed by atoms with van der Waals surface area (Å²) in [4.78, 5) is 46.9. The van der Waals surface area contributed by atoms with Crippen LogP contribution >= 0.6 is 11.8 Å². The summed E-state index contributed by atoms with van der Waals surface area (Å²) < 4.78 is 0. The van der Waals surface area contributed by atoms with Crippen LogP contribution in [0.5, 0.6) is 0 Å². The van der Waals surface area contributed by atoms with Crippen LogP contribution in [0.1, 0.15) is 18.4 Å². The summed E-state index contributed by atoms with van der Waals surface area (Å²) in [7, 11) is 0. The zero-order valence-electron chi connectivity index (χ0n) is 14.4. The zero-order chi connectivity index (χ0) is 19.6. The fourth-order valence-corrected chi connectivity index (χ4v) is 2.99. The molecule has 9 heteroatoms. The molecule has 142 valence electrons. The first-order valence-electron chi connectivity index (χ1n) is 7.91. The van der Waals surface area contributed by atoms with Crippen LogP contribution in [0.4, 0.5) is 0 Å². The molecule has 1 rings (SSSR count). The monoisotopic (exact) mass is 381 g/mol. The molecule has 0 aliphatic heterocycles. The van der Waals surface area contributed by atoms with Crippen molar-refractivity contribution in [3.05, 3.63) is 35.9 Å². The minimum absolute atomic E-state index is 0.0429. The van der Waals surface area contributed by atoms with Gasteiger partial charge < -0.3 is 21.5 Å². The number of benzene rings is 1. The minimum atomic E-state index is -1.73. The Morgan fingerprint density at radius 1 is 1.31 bits per heavy atom. The summed E-state index contributed by atoms with van der Waals surface area (Å²) in [5.41, 5.74) is 4.26. The quantitative estimate of drug-likeness (QED) is 0.373. The van der Waals surface area contributed by atoms with E-state index in [9.17, 15) is 24.3 Å². The average Bonchev–Trinajstić information content (AvgIpc) is 2.58. The van der Waals surface area contributed by atoms with Gasteiger partial charge in [0.25, 0.3) is 0 Å². The Morgan fingerprint density at radius 3 is 2.46 bits per heavy atom. The highest BCUT2D eigenvalue weighted by atomic mass is 32.2. The summed E-state index contributed by atoms with van der Waals surface area (Å²) in [6.45, 7) is 0. The molecule has 3 amide bonds. The van der Waals surface area contributed by atoms with Crippen LogP contribution < -0.4 is 16.4 Å². The molecular formula is C17H23N3O5S. The van der Waals surface area contributed by atoms with Crippen LogP contribution in [-0.4, -0.2) is 52.9 Å². The summed E-state index contributed by atoms with van der Waals surface area (Å²) >= 11 is 1.48. The number of carboxylic acids is 1. The number of carboxylic acid groups (broad SMARTS) is 1. The SMILES string of the molecule is CSCC[C@H](NC(=O)[C@@](CC(=O)O)(Cc1ccccc1)NC=O)C(N)=O. The number of thioether (sulfide) groups is 1. The lowest BCUT2D eigenvalue weighted by atomic mass is 9.86. The van der Waals surface area contributed by atoms with Gasteiger partial charge in [0.05, 0.1) is 6.42 Å². The molecule has 1 aromatic rings. The second-order valence-corrected chi connectivity index (χ2v) is 6.77. The normalized spacial score (nSPS) is 13.9. The fourth-order valence-electron chi connectivity index (χ4n) is 2.52. The number of rotatable bonds is 12. The molecule has 0 aromatic heterocycles. The number of hydrogen-bond donors (Lipinski definition) is 4. The molecule has 0 radical (unpaired) electrons. The number of carbonyl (C=O) groups is 4. The lowest BCUT2D eigenvalue weighted by Crippen LogP contribution is -2.62. The van der Waals surface area contributed by atoms with Crippen molar-refractivity contribution in [1.29, 1.82) is 0 Å². The van der Waals surface area contributed by atoms with Crippen molar-refractivity contribution in [3.63, 3.8) is 0 Å². The van der Waals surface area contributed by atoms with Gasteiger partial charge in [-0.3, -0.25) is 19.2 Å². The average molecular weight is 381 g/mol. The van der Waals surface area contributed by atoms with Gasteiger partial charge in [-0.25, -0.2) is 0 Å².